The molecule has 0 saturated heterocycles. The molecule has 3 aromatic rings. The number of methoxy groups -OCH3 is 1. The smallest absolute Gasteiger partial charge is 0.191 e. The van der Waals surface area contributed by atoms with Crippen LogP contribution in [0.15, 0.2) is 66.1 Å². The summed E-state index contributed by atoms with van der Waals surface area (Å²) in [5, 5.41) is 9.61. The van der Waals surface area contributed by atoms with Crippen LogP contribution in [0.25, 0.3) is 17.5 Å². The quantitative estimate of drug-likeness (QED) is 0.577. The van der Waals surface area contributed by atoms with Gasteiger partial charge in [0.15, 0.2) is 11.0 Å². The minimum Gasteiger partial charge on any atom is -0.383 e. The van der Waals surface area contributed by atoms with Crippen LogP contribution < -0.4 is 0 Å². The summed E-state index contributed by atoms with van der Waals surface area (Å²) in [5.74, 6) is 1.67. The Hall–Kier alpha value is -2.44. The van der Waals surface area contributed by atoms with Crippen LogP contribution in [-0.2, 0) is 11.3 Å². The van der Waals surface area contributed by atoms with Crippen molar-refractivity contribution >= 4 is 17.8 Å². The van der Waals surface area contributed by atoms with Crippen molar-refractivity contribution in [3.8, 4) is 11.4 Å². The van der Waals surface area contributed by atoms with Crippen molar-refractivity contribution in [2.24, 2.45) is 0 Å². The maximum absolute atomic E-state index is 5.23. The highest BCUT2D eigenvalue weighted by Crippen LogP contribution is 2.23. The molecule has 0 amide bonds. The maximum Gasteiger partial charge on any atom is 0.191 e. The number of pyridine rings is 1. The minimum absolute atomic E-state index is 0.615. The van der Waals surface area contributed by atoms with E-state index >= 15 is 0 Å². The molecule has 0 atom stereocenters. The molecule has 0 unspecified atom stereocenters. The van der Waals surface area contributed by atoms with Gasteiger partial charge in [-0.15, -0.1) is 10.2 Å². The highest BCUT2D eigenvalue weighted by molar-refractivity contribution is 7.99. The van der Waals surface area contributed by atoms with Crippen molar-refractivity contribution in [3.05, 3.63) is 66.5 Å². The SMILES string of the molecule is COCCn1c(SC/C=C/c2ccccc2)nnc1-c1ccncc1. The lowest BCUT2D eigenvalue weighted by Gasteiger charge is -2.09. The Balaban J connectivity index is 1.72. The first kappa shape index (κ1) is 17.4. The van der Waals surface area contributed by atoms with Crippen molar-refractivity contribution in [1.29, 1.82) is 0 Å². The first-order chi connectivity index (χ1) is 12.4. The number of thioether (sulfide) groups is 1. The van der Waals surface area contributed by atoms with E-state index in [0.29, 0.717) is 13.2 Å². The lowest BCUT2D eigenvalue weighted by Crippen LogP contribution is -2.07. The van der Waals surface area contributed by atoms with Crippen molar-refractivity contribution in [3.63, 3.8) is 0 Å². The fourth-order valence-electron chi connectivity index (χ4n) is 2.37. The predicted octanol–water partition coefficient (Wildman–Crippen LogP) is 3.79. The van der Waals surface area contributed by atoms with E-state index in [4.69, 9.17) is 4.74 Å². The van der Waals surface area contributed by atoms with Gasteiger partial charge in [-0.05, 0) is 17.7 Å². The fraction of sp³-hybridized carbons (Fsp3) is 0.211. The Labute approximate surface area is 151 Å². The van der Waals surface area contributed by atoms with Crippen molar-refractivity contribution in [1.82, 2.24) is 19.7 Å². The van der Waals surface area contributed by atoms with E-state index in [2.05, 4.69) is 44.0 Å². The second kappa shape index (κ2) is 9.15. The second-order valence-corrected chi connectivity index (χ2v) is 6.30. The molecule has 2 aromatic heterocycles. The van der Waals surface area contributed by atoms with Crippen LogP contribution in [0.3, 0.4) is 0 Å². The van der Waals surface area contributed by atoms with Crippen molar-refractivity contribution in [2.75, 3.05) is 19.5 Å². The summed E-state index contributed by atoms with van der Waals surface area (Å²) >= 11 is 1.66. The molecular formula is C19H20N4OS. The summed E-state index contributed by atoms with van der Waals surface area (Å²) in [5.41, 5.74) is 2.20. The van der Waals surface area contributed by atoms with Gasteiger partial charge >= 0.3 is 0 Å². The molecule has 1 aromatic carbocycles. The number of nitrogens with zero attached hydrogens (tertiary/aromatic N) is 4. The molecule has 2 heterocycles. The Kier molecular flexibility index (Phi) is 6.36. The zero-order valence-electron chi connectivity index (χ0n) is 14.1. The molecule has 3 rings (SSSR count). The molecule has 25 heavy (non-hydrogen) atoms. The first-order valence-electron chi connectivity index (χ1n) is 8.05. The van der Waals surface area contributed by atoms with E-state index in [-0.39, 0.29) is 0 Å². The maximum atomic E-state index is 5.23. The van der Waals surface area contributed by atoms with Gasteiger partial charge in [0.05, 0.1) is 13.2 Å². The van der Waals surface area contributed by atoms with Crippen LogP contribution in [0.2, 0.25) is 0 Å². The Morgan fingerprint density at radius 1 is 1.08 bits per heavy atom. The molecule has 0 spiro atoms. The number of ether oxygens (including phenoxy) is 1. The zero-order chi connectivity index (χ0) is 17.3. The van der Waals surface area contributed by atoms with E-state index in [9.17, 15) is 0 Å². The molecule has 0 bridgehead atoms. The van der Waals surface area contributed by atoms with Gasteiger partial charge in [0.25, 0.3) is 0 Å². The van der Waals surface area contributed by atoms with Gasteiger partial charge in [-0.25, -0.2) is 0 Å². The Bertz CT molecular complexity index is 803. The summed E-state index contributed by atoms with van der Waals surface area (Å²) in [6.07, 6.45) is 7.79. The van der Waals surface area contributed by atoms with Gasteiger partial charge in [0.2, 0.25) is 0 Å². The van der Waals surface area contributed by atoms with Crippen molar-refractivity contribution in [2.45, 2.75) is 11.7 Å². The van der Waals surface area contributed by atoms with E-state index in [1.165, 1.54) is 5.56 Å². The topological polar surface area (TPSA) is 52.8 Å². The van der Waals surface area contributed by atoms with Crippen LogP contribution in [0, 0.1) is 0 Å². The average Bonchev–Trinajstić information content (AvgIpc) is 3.08. The molecule has 0 saturated carbocycles. The van der Waals surface area contributed by atoms with E-state index in [1.807, 2.05) is 30.3 Å². The zero-order valence-corrected chi connectivity index (χ0v) is 14.9. The van der Waals surface area contributed by atoms with Crippen LogP contribution in [0.1, 0.15) is 5.56 Å². The van der Waals surface area contributed by atoms with Crippen LogP contribution in [-0.4, -0.2) is 39.2 Å². The second-order valence-electron chi connectivity index (χ2n) is 5.31. The first-order valence-corrected chi connectivity index (χ1v) is 9.04. The van der Waals surface area contributed by atoms with E-state index in [1.54, 1.807) is 31.3 Å². The largest absolute Gasteiger partial charge is 0.383 e. The Morgan fingerprint density at radius 3 is 2.64 bits per heavy atom. The molecule has 0 aliphatic rings. The highest BCUT2D eigenvalue weighted by Gasteiger charge is 2.13. The lowest BCUT2D eigenvalue weighted by atomic mass is 10.2. The van der Waals surface area contributed by atoms with E-state index < -0.39 is 0 Å². The normalized spacial score (nSPS) is 11.2. The average molecular weight is 352 g/mol. The van der Waals surface area contributed by atoms with Gasteiger partial charge in [0.1, 0.15) is 0 Å². The summed E-state index contributed by atoms with van der Waals surface area (Å²) in [6, 6.07) is 14.1. The van der Waals surface area contributed by atoms with E-state index in [0.717, 1.165) is 22.3 Å². The third kappa shape index (κ3) is 4.78. The highest BCUT2D eigenvalue weighted by atomic mass is 32.2. The fourth-order valence-corrected chi connectivity index (χ4v) is 3.14. The van der Waals surface area contributed by atoms with Crippen LogP contribution in [0.4, 0.5) is 0 Å². The number of benzene rings is 1. The molecule has 5 nitrogen and oxygen atoms in total. The monoisotopic (exact) mass is 352 g/mol. The van der Waals surface area contributed by atoms with Gasteiger partial charge in [-0.3, -0.25) is 9.55 Å². The standard InChI is InChI=1S/C19H20N4OS/c1-24-14-13-23-18(17-9-11-20-12-10-17)21-22-19(23)25-15-5-8-16-6-3-2-4-7-16/h2-12H,13-15H2,1H3/b8-5+. The Morgan fingerprint density at radius 2 is 1.88 bits per heavy atom. The number of rotatable bonds is 8. The minimum atomic E-state index is 0.615. The lowest BCUT2D eigenvalue weighted by molar-refractivity contribution is 0.185. The van der Waals surface area contributed by atoms with Crippen LogP contribution >= 0.6 is 11.8 Å². The molecule has 0 N–H and O–H groups in total. The predicted molar refractivity (Wildman–Crippen MR) is 101 cm³/mol. The molecule has 0 radical (unpaired) electrons. The summed E-state index contributed by atoms with van der Waals surface area (Å²) < 4.78 is 7.33. The number of hydrogen-bond donors (Lipinski definition) is 0. The number of hydrogen-bond acceptors (Lipinski definition) is 5. The molecule has 128 valence electrons. The number of aromatic nitrogens is 4. The molecule has 0 fully saturated rings. The van der Waals surface area contributed by atoms with Gasteiger partial charge in [0, 0.05) is 30.8 Å². The third-order valence-electron chi connectivity index (χ3n) is 3.59. The van der Waals surface area contributed by atoms with Crippen LogP contribution in [0.5, 0.6) is 0 Å². The third-order valence-corrected chi connectivity index (χ3v) is 4.51. The summed E-state index contributed by atoms with van der Waals surface area (Å²) in [4.78, 5) is 4.06. The summed E-state index contributed by atoms with van der Waals surface area (Å²) in [7, 11) is 1.70. The van der Waals surface area contributed by atoms with Crippen molar-refractivity contribution < 1.29 is 4.74 Å². The molecular weight excluding hydrogens is 332 g/mol. The summed E-state index contributed by atoms with van der Waals surface area (Å²) in [6.45, 7) is 1.33. The van der Waals surface area contributed by atoms with Gasteiger partial charge in [-0.1, -0.05) is 54.2 Å². The van der Waals surface area contributed by atoms with Gasteiger partial charge < -0.3 is 4.74 Å². The van der Waals surface area contributed by atoms with Gasteiger partial charge in [-0.2, -0.15) is 0 Å². The molecule has 0 aliphatic heterocycles. The molecule has 0 aliphatic carbocycles. The molecule has 6 heteroatoms.